The van der Waals surface area contributed by atoms with Crippen LogP contribution in [0.15, 0.2) is 36.9 Å². The molecule has 1 aliphatic rings. The minimum atomic E-state index is 0.782. The topological polar surface area (TPSA) is 88.4 Å². The molecule has 5 heterocycles. The standard InChI is InChI=1S/C19H20N8/c1-26-12-13(10-22-26)16-9-14-17(11-21-16)24-25-18(14)15-5-6-20-19(23-15)27-7-3-2-4-8-27/h5-6,9-12H,2-4,7-8H2,1H3,(H,24,25). The lowest BCUT2D eigenvalue weighted by molar-refractivity contribution is 0.568. The molecule has 0 unspecified atom stereocenters. The van der Waals surface area contributed by atoms with Gasteiger partial charge >= 0.3 is 0 Å². The Morgan fingerprint density at radius 2 is 1.93 bits per heavy atom. The normalized spacial score (nSPS) is 14.8. The average molecular weight is 360 g/mol. The van der Waals surface area contributed by atoms with Gasteiger partial charge in [0.1, 0.15) is 5.69 Å². The second-order valence-corrected chi connectivity index (χ2v) is 6.88. The first-order valence-electron chi connectivity index (χ1n) is 9.19. The van der Waals surface area contributed by atoms with Crippen LogP contribution in [0.1, 0.15) is 19.3 Å². The van der Waals surface area contributed by atoms with Crippen LogP contribution < -0.4 is 4.90 Å². The Balaban J connectivity index is 1.56. The van der Waals surface area contributed by atoms with Crippen LogP contribution >= 0.6 is 0 Å². The molecule has 0 bridgehead atoms. The van der Waals surface area contributed by atoms with Crippen molar-refractivity contribution in [2.45, 2.75) is 19.3 Å². The number of nitrogens with one attached hydrogen (secondary N) is 1. The fourth-order valence-electron chi connectivity index (χ4n) is 3.55. The number of anilines is 1. The Morgan fingerprint density at radius 3 is 2.74 bits per heavy atom. The summed E-state index contributed by atoms with van der Waals surface area (Å²) in [5, 5.41) is 12.8. The highest BCUT2D eigenvalue weighted by atomic mass is 15.3. The number of pyridine rings is 1. The van der Waals surface area contributed by atoms with Gasteiger partial charge in [0, 0.05) is 43.5 Å². The molecule has 1 fully saturated rings. The zero-order valence-electron chi connectivity index (χ0n) is 15.1. The van der Waals surface area contributed by atoms with E-state index in [0.29, 0.717) is 0 Å². The molecule has 8 nitrogen and oxygen atoms in total. The predicted octanol–water partition coefficient (Wildman–Crippen LogP) is 2.81. The number of aromatic amines is 1. The molecular weight excluding hydrogens is 340 g/mol. The maximum absolute atomic E-state index is 4.79. The van der Waals surface area contributed by atoms with Crippen LogP contribution in [0, 0.1) is 0 Å². The van der Waals surface area contributed by atoms with Crippen molar-refractivity contribution in [1.29, 1.82) is 0 Å². The quantitative estimate of drug-likeness (QED) is 0.604. The molecule has 1 N–H and O–H groups in total. The summed E-state index contributed by atoms with van der Waals surface area (Å²) in [5.74, 6) is 0.782. The van der Waals surface area contributed by atoms with Crippen LogP contribution in [-0.4, -0.2) is 48.0 Å². The van der Waals surface area contributed by atoms with Crippen LogP contribution in [0.5, 0.6) is 0 Å². The van der Waals surface area contributed by atoms with Gasteiger partial charge in [-0.1, -0.05) is 0 Å². The van der Waals surface area contributed by atoms with Crippen LogP contribution in [0.4, 0.5) is 5.95 Å². The van der Waals surface area contributed by atoms with E-state index in [1.54, 1.807) is 10.9 Å². The van der Waals surface area contributed by atoms with Crippen molar-refractivity contribution >= 4 is 16.9 Å². The van der Waals surface area contributed by atoms with E-state index in [-0.39, 0.29) is 0 Å². The van der Waals surface area contributed by atoms with Crippen molar-refractivity contribution in [2.24, 2.45) is 7.05 Å². The number of rotatable bonds is 3. The molecule has 0 radical (unpaired) electrons. The highest BCUT2D eigenvalue weighted by molar-refractivity contribution is 5.93. The van der Waals surface area contributed by atoms with Crippen LogP contribution in [0.25, 0.3) is 33.5 Å². The van der Waals surface area contributed by atoms with E-state index in [0.717, 1.165) is 52.6 Å². The summed E-state index contributed by atoms with van der Waals surface area (Å²) >= 11 is 0. The highest BCUT2D eigenvalue weighted by Crippen LogP contribution is 2.29. The predicted molar refractivity (Wildman–Crippen MR) is 103 cm³/mol. The molecular formula is C19H20N8. The molecule has 0 atom stereocenters. The first kappa shape index (κ1) is 15.9. The largest absolute Gasteiger partial charge is 0.341 e. The summed E-state index contributed by atoms with van der Waals surface area (Å²) in [6.07, 6.45) is 11.1. The fourth-order valence-corrected chi connectivity index (χ4v) is 3.55. The van der Waals surface area contributed by atoms with Gasteiger partial charge in [0.15, 0.2) is 0 Å². The molecule has 4 aromatic rings. The Hall–Kier alpha value is -3.29. The number of hydrogen-bond acceptors (Lipinski definition) is 6. The number of aryl methyl sites for hydroxylation is 1. The molecule has 1 aliphatic heterocycles. The molecule has 0 amide bonds. The molecule has 27 heavy (non-hydrogen) atoms. The van der Waals surface area contributed by atoms with Crippen LogP contribution in [0.2, 0.25) is 0 Å². The second-order valence-electron chi connectivity index (χ2n) is 6.88. The molecule has 0 aromatic carbocycles. The van der Waals surface area contributed by atoms with E-state index in [2.05, 4.69) is 30.2 Å². The Kier molecular flexibility index (Phi) is 3.81. The average Bonchev–Trinajstić information content (AvgIpc) is 3.34. The number of hydrogen-bond donors (Lipinski definition) is 1. The molecule has 8 heteroatoms. The smallest absolute Gasteiger partial charge is 0.225 e. The summed E-state index contributed by atoms with van der Waals surface area (Å²) in [6, 6.07) is 3.95. The number of piperidine rings is 1. The van der Waals surface area contributed by atoms with Crippen molar-refractivity contribution in [1.82, 2.24) is 34.9 Å². The summed E-state index contributed by atoms with van der Waals surface area (Å²) in [6.45, 7) is 2.03. The van der Waals surface area contributed by atoms with Crippen molar-refractivity contribution in [2.75, 3.05) is 18.0 Å². The summed E-state index contributed by atoms with van der Waals surface area (Å²) in [7, 11) is 1.90. The molecule has 4 aromatic heterocycles. The summed E-state index contributed by atoms with van der Waals surface area (Å²) in [5.41, 5.74) is 4.36. The SMILES string of the molecule is Cn1cc(-c2cc3c(-c4ccnc(N5CCCCC5)n4)n[nH]c3cn2)cn1. The molecule has 0 saturated carbocycles. The highest BCUT2D eigenvalue weighted by Gasteiger charge is 2.17. The second kappa shape index (κ2) is 6.46. The van der Waals surface area contributed by atoms with E-state index in [1.807, 2.05) is 37.8 Å². The lowest BCUT2D eigenvalue weighted by Gasteiger charge is -2.26. The Morgan fingerprint density at radius 1 is 1.04 bits per heavy atom. The molecule has 1 saturated heterocycles. The van der Waals surface area contributed by atoms with E-state index in [1.165, 1.54) is 19.3 Å². The van der Waals surface area contributed by atoms with Crippen molar-refractivity contribution in [3.63, 3.8) is 0 Å². The molecule has 5 rings (SSSR count). The van der Waals surface area contributed by atoms with E-state index >= 15 is 0 Å². The lowest BCUT2D eigenvalue weighted by atomic mass is 10.1. The van der Waals surface area contributed by atoms with Gasteiger partial charge in [0.2, 0.25) is 5.95 Å². The molecule has 0 spiro atoms. The number of fused-ring (bicyclic) bond motifs is 1. The minimum Gasteiger partial charge on any atom is -0.341 e. The molecule has 0 aliphatic carbocycles. The zero-order chi connectivity index (χ0) is 18.2. The van der Waals surface area contributed by atoms with Crippen LogP contribution in [0.3, 0.4) is 0 Å². The van der Waals surface area contributed by atoms with Gasteiger partial charge < -0.3 is 4.90 Å². The Labute approximate surface area is 156 Å². The van der Waals surface area contributed by atoms with Crippen molar-refractivity contribution < 1.29 is 0 Å². The fraction of sp³-hybridized carbons (Fsp3) is 0.316. The first-order chi connectivity index (χ1) is 13.3. The van der Waals surface area contributed by atoms with Crippen molar-refractivity contribution in [3.05, 3.63) is 36.9 Å². The number of H-pyrrole nitrogens is 1. The lowest BCUT2D eigenvalue weighted by Crippen LogP contribution is -2.30. The van der Waals surface area contributed by atoms with Gasteiger partial charge in [0.05, 0.1) is 29.3 Å². The van der Waals surface area contributed by atoms with E-state index in [4.69, 9.17) is 4.98 Å². The number of nitrogens with zero attached hydrogens (tertiary/aromatic N) is 7. The summed E-state index contributed by atoms with van der Waals surface area (Å²) < 4.78 is 1.77. The van der Waals surface area contributed by atoms with Gasteiger partial charge in [-0.3, -0.25) is 14.8 Å². The van der Waals surface area contributed by atoms with Gasteiger partial charge in [-0.25, -0.2) is 9.97 Å². The van der Waals surface area contributed by atoms with E-state index in [9.17, 15) is 0 Å². The third-order valence-corrected chi connectivity index (χ3v) is 4.97. The third kappa shape index (κ3) is 2.92. The third-order valence-electron chi connectivity index (χ3n) is 4.97. The Bertz CT molecular complexity index is 1090. The molecule has 136 valence electrons. The first-order valence-corrected chi connectivity index (χ1v) is 9.19. The number of aromatic nitrogens is 7. The summed E-state index contributed by atoms with van der Waals surface area (Å²) in [4.78, 5) is 16.0. The van der Waals surface area contributed by atoms with Crippen LogP contribution in [-0.2, 0) is 7.05 Å². The zero-order valence-corrected chi connectivity index (χ0v) is 15.1. The van der Waals surface area contributed by atoms with Gasteiger partial charge in [-0.15, -0.1) is 0 Å². The van der Waals surface area contributed by atoms with E-state index < -0.39 is 0 Å². The van der Waals surface area contributed by atoms with Gasteiger partial charge in [0.25, 0.3) is 0 Å². The monoisotopic (exact) mass is 360 g/mol. The van der Waals surface area contributed by atoms with Gasteiger partial charge in [-0.2, -0.15) is 10.2 Å². The maximum Gasteiger partial charge on any atom is 0.225 e. The minimum absolute atomic E-state index is 0.782. The van der Waals surface area contributed by atoms with Crippen molar-refractivity contribution in [3.8, 4) is 22.6 Å². The maximum atomic E-state index is 4.79. The van der Waals surface area contributed by atoms with Gasteiger partial charge in [-0.05, 0) is 31.4 Å².